The van der Waals surface area contributed by atoms with Gasteiger partial charge in [0.25, 0.3) is 0 Å². The maximum absolute atomic E-state index is 5.77. The van der Waals surface area contributed by atoms with Crippen molar-refractivity contribution in [2.24, 2.45) is 0 Å². The van der Waals surface area contributed by atoms with E-state index in [4.69, 9.17) is 4.74 Å². The molecule has 0 bridgehead atoms. The molecule has 0 N–H and O–H groups in total. The van der Waals surface area contributed by atoms with Crippen LogP contribution in [0.3, 0.4) is 0 Å². The first-order valence-electron chi connectivity index (χ1n) is 6.21. The van der Waals surface area contributed by atoms with Crippen molar-refractivity contribution in [1.29, 1.82) is 0 Å². The van der Waals surface area contributed by atoms with Crippen LogP contribution in [-0.2, 0) is 0 Å². The van der Waals surface area contributed by atoms with Gasteiger partial charge in [-0.05, 0) is 47.0 Å². The van der Waals surface area contributed by atoms with E-state index in [1.807, 2.05) is 18.2 Å². The molecule has 98 valence electrons. The summed E-state index contributed by atoms with van der Waals surface area (Å²) in [5.41, 5.74) is 0. The van der Waals surface area contributed by atoms with Gasteiger partial charge >= 0.3 is 0 Å². The number of benzene rings is 1. The molecule has 0 aliphatic carbocycles. The highest BCUT2D eigenvalue weighted by Crippen LogP contribution is 2.28. The van der Waals surface area contributed by atoms with E-state index >= 15 is 0 Å². The fourth-order valence-electron chi connectivity index (χ4n) is 1.96. The van der Waals surface area contributed by atoms with E-state index in [2.05, 4.69) is 48.9 Å². The molecule has 0 atom stereocenters. The standard InChI is InChI=1S/C14H17Br2NO/c15-12-5-6-14(13(16)11-12)18-10-4-9-17-7-2-1-3-8-17/h1-2,5-6,11H,3-4,7-10H2. The number of nitrogens with zero attached hydrogens (tertiary/aromatic N) is 1. The topological polar surface area (TPSA) is 12.5 Å². The number of hydrogen-bond donors (Lipinski definition) is 0. The van der Waals surface area contributed by atoms with Gasteiger partial charge in [0, 0.05) is 24.1 Å². The summed E-state index contributed by atoms with van der Waals surface area (Å²) < 4.78 is 7.83. The molecule has 1 aliphatic rings. The zero-order valence-electron chi connectivity index (χ0n) is 10.2. The zero-order valence-corrected chi connectivity index (χ0v) is 13.4. The second-order valence-electron chi connectivity index (χ2n) is 4.34. The highest BCUT2D eigenvalue weighted by atomic mass is 79.9. The Morgan fingerprint density at radius 1 is 1.22 bits per heavy atom. The normalized spacial score (nSPS) is 15.9. The Hall–Kier alpha value is -0.320. The summed E-state index contributed by atoms with van der Waals surface area (Å²) in [5.74, 6) is 0.914. The van der Waals surface area contributed by atoms with Crippen LogP contribution >= 0.6 is 31.9 Å². The van der Waals surface area contributed by atoms with Gasteiger partial charge in [0.15, 0.2) is 0 Å². The molecule has 1 aromatic carbocycles. The molecule has 0 aromatic heterocycles. The van der Waals surface area contributed by atoms with Crippen LogP contribution in [0.15, 0.2) is 39.3 Å². The van der Waals surface area contributed by atoms with Crippen molar-refractivity contribution < 1.29 is 4.74 Å². The first-order chi connectivity index (χ1) is 8.75. The molecule has 0 saturated carbocycles. The lowest BCUT2D eigenvalue weighted by Gasteiger charge is -2.22. The molecule has 0 unspecified atom stereocenters. The van der Waals surface area contributed by atoms with Crippen molar-refractivity contribution in [3.8, 4) is 5.75 Å². The van der Waals surface area contributed by atoms with Gasteiger partial charge in [-0.2, -0.15) is 0 Å². The molecule has 1 heterocycles. The third kappa shape index (κ3) is 4.41. The lowest BCUT2D eigenvalue weighted by molar-refractivity contribution is 0.246. The highest BCUT2D eigenvalue weighted by Gasteiger charge is 2.06. The van der Waals surface area contributed by atoms with Gasteiger partial charge in [0.05, 0.1) is 11.1 Å². The Morgan fingerprint density at radius 2 is 2.11 bits per heavy atom. The minimum atomic E-state index is 0.764. The molecule has 1 aromatic rings. The third-order valence-corrected chi connectivity index (χ3v) is 4.03. The highest BCUT2D eigenvalue weighted by molar-refractivity contribution is 9.11. The van der Waals surface area contributed by atoms with Gasteiger partial charge in [-0.25, -0.2) is 0 Å². The van der Waals surface area contributed by atoms with Crippen LogP contribution in [0, 0.1) is 0 Å². The number of ether oxygens (including phenoxy) is 1. The quantitative estimate of drug-likeness (QED) is 0.564. The van der Waals surface area contributed by atoms with E-state index in [9.17, 15) is 0 Å². The van der Waals surface area contributed by atoms with Crippen LogP contribution in [0.1, 0.15) is 12.8 Å². The van der Waals surface area contributed by atoms with Gasteiger partial charge < -0.3 is 4.74 Å². The van der Waals surface area contributed by atoms with Gasteiger partial charge in [-0.3, -0.25) is 4.90 Å². The summed E-state index contributed by atoms with van der Waals surface area (Å²) in [6, 6.07) is 5.98. The van der Waals surface area contributed by atoms with Crippen molar-refractivity contribution in [1.82, 2.24) is 4.90 Å². The molecule has 18 heavy (non-hydrogen) atoms. The number of rotatable bonds is 5. The van der Waals surface area contributed by atoms with Crippen LogP contribution in [0.25, 0.3) is 0 Å². The molecular formula is C14H17Br2NO. The molecule has 0 fully saturated rings. The number of halogens is 2. The Kier molecular flexibility index (Phi) is 5.73. The average Bonchev–Trinajstić information content (AvgIpc) is 2.38. The fraction of sp³-hybridized carbons (Fsp3) is 0.429. The minimum absolute atomic E-state index is 0.764. The Bertz CT molecular complexity index is 420. The van der Waals surface area contributed by atoms with Crippen molar-refractivity contribution in [3.63, 3.8) is 0 Å². The second kappa shape index (κ2) is 7.31. The Morgan fingerprint density at radius 3 is 2.83 bits per heavy atom. The van der Waals surface area contributed by atoms with Crippen molar-refractivity contribution >= 4 is 31.9 Å². The summed E-state index contributed by atoms with van der Waals surface area (Å²) in [6.45, 7) is 4.14. The average molecular weight is 375 g/mol. The first-order valence-corrected chi connectivity index (χ1v) is 7.79. The Balaban J connectivity index is 1.70. The van der Waals surface area contributed by atoms with E-state index in [0.717, 1.165) is 40.8 Å². The minimum Gasteiger partial charge on any atom is -0.492 e. The van der Waals surface area contributed by atoms with E-state index in [0.29, 0.717) is 0 Å². The molecule has 0 saturated heterocycles. The molecule has 4 heteroatoms. The molecule has 2 rings (SSSR count). The van der Waals surface area contributed by atoms with Crippen LogP contribution < -0.4 is 4.74 Å². The predicted molar refractivity (Wildman–Crippen MR) is 82.2 cm³/mol. The molecular weight excluding hydrogens is 358 g/mol. The van der Waals surface area contributed by atoms with E-state index in [1.54, 1.807) is 0 Å². The van der Waals surface area contributed by atoms with Crippen molar-refractivity contribution in [2.75, 3.05) is 26.2 Å². The molecule has 0 radical (unpaired) electrons. The van der Waals surface area contributed by atoms with E-state index in [1.165, 1.54) is 13.0 Å². The lowest BCUT2D eigenvalue weighted by Crippen LogP contribution is -2.29. The lowest BCUT2D eigenvalue weighted by atomic mass is 10.2. The van der Waals surface area contributed by atoms with Crippen LogP contribution in [0.2, 0.25) is 0 Å². The first kappa shape index (κ1) is 14.1. The van der Waals surface area contributed by atoms with Crippen LogP contribution in [0.5, 0.6) is 5.75 Å². The fourth-order valence-corrected chi connectivity index (χ4v) is 3.12. The predicted octanol–water partition coefficient (Wildman–Crippen LogP) is 4.24. The summed E-state index contributed by atoms with van der Waals surface area (Å²) in [7, 11) is 0. The molecule has 2 nitrogen and oxygen atoms in total. The van der Waals surface area contributed by atoms with Crippen LogP contribution in [-0.4, -0.2) is 31.1 Å². The third-order valence-electron chi connectivity index (χ3n) is 2.91. The van der Waals surface area contributed by atoms with Gasteiger partial charge in [0.1, 0.15) is 5.75 Å². The SMILES string of the molecule is Brc1ccc(OCCCN2CC=CCC2)c(Br)c1. The van der Waals surface area contributed by atoms with Crippen molar-refractivity contribution in [3.05, 3.63) is 39.3 Å². The summed E-state index contributed by atoms with van der Waals surface area (Å²) in [4.78, 5) is 2.46. The smallest absolute Gasteiger partial charge is 0.133 e. The maximum Gasteiger partial charge on any atom is 0.133 e. The van der Waals surface area contributed by atoms with Crippen LogP contribution in [0.4, 0.5) is 0 Å². The molecule has 1 aliphatic heterocycles. The summed E-state index contributed by atoms with van der Waals surface area (Å²) >= 11 is 6.93. The molecule has 0 amide bonds. The van der Waals surface area contributed by atoms with Crippen molar-refractivity contribution in [2.45, 2.75) is 12.8 Å². The molecule has 0 spiro atoms. The van der Waals surface area contributed by atoms with E-state index in [-0.39, 0.29) is 0 Å². The zero-order chi connectivity index (χ0) is 12.8. The second-order valence-corrected chi connectivity index (χ2v) is 6.11. The van der Waals surface area contributed by atoms with Gasteiger partial charge in [-0.1, -0.05) is 28.1 Å². The largest absolute Gasteiger partial charge is 0.492 e. The number of hydrogen-bond acceptors (Lipinski definition) is 2. The monoisotopic (exact) mass is 373 g/mol. The maximum atomic E-state index is 5.77. The Labute approximate surface area is 125 Å². The van der Waals surface area contributed by atoms with E-state index < -0.39 is 0 Å². The van der Waals surface area contributed by atoms with Gasteiger partial charge in [0.2, 0.25) is 0 Å². The van der Waals surface area contributed by atoms with Gasteiger partial charge in [-0.15, -0.1) is 0 Å². The summed E-state index contributed by atoms with van der Waals surface area (Å²) in [6.07, 6.45) is 6.75. The summed E-state index contributed by atoms with van der Waals surface area (Å²) in [5, 5.41) is 0.